The van der Waals surface area contributed by atoms with E-state index >= 15 is 0 Å². The fourth-order valence-corrected chi connectivity index (χ4v) is 10.5. The molecule has 0 radical (unpaired) electrons. The van der Waals surface area contributed by atoms with Crippen molar-refractivity contribution in [1.82, 2.24) is 0 Å². The van der Waals surface area contributed by atoms with E-state index in [0.717, 1.165) is 0 Å². The summed E-state index contributed by atoms with van der Waals surface area (Å²) in [5.74, 6) is 0. The van der Waals surface area contributed by atoms with Crippen LogP contribution in [0, 0.1) is 0 Å². The molecule has 0 nitrogen and oxygen atoms in total. The van der Waals surface area contributed by atoms with E-state index in [1.165, 1.54) is 31.2 Å². The molecule has 2 heterocycles. The molecule has 3 aromatic carbocycles. The second-order valence-corrected chi connectivity index (χ2v) is 11.3. The Bertz CT molecular complexity index is 1020. The summed E-state index contributed by atoms with van der Waals surface area (Å²) in [5, 5.41) is 8.10. The van der Waals surface area contributed by atoms with Gasteiger partial charge in [0.2, 0.25) is 0 Å². The van der Waals surface area contributed by atoms with Crippen LogP contribution in [0.15, 0.2) is 102 Å². The van der Waals surface area contributed by atoms with Crippen molar-refractivity contribution in [3.05, 3.63) is 113 Å². The molecule has 4 aromatic rings. The van der Waals surface area contributed by atoms with E-state index in [0.29, 0.717) is 0 Å². The topological polar surface area (TPSA) is 0 Å². The smallest absolute Gasteiger partial charge is 0.145 e. The van der Waals surface area contributed by atoms with Crippen LogP contribution in [0.4, 0.5) is 0 Å². The van der Waals surface area contributed by atoms with E-state index in [1.807, 2.05) is 11.3 Å². The predicted molar refractivity (Wildman–Crippen MR) is 116 cm³/mol. The molecule has 0 fully saturated rings. The standard InChI is InChI=1S/C24H18SSi/c1-3-11-20(12-4-1)26(21-13-5-2-6-14-21)23-16-8-7-10-19(23)18-24(26)22-15-9-17-25-22/h1-18H. The third-order valence-electron chi connectivity index (χ3n) is 5.27. The largest absolute Gasteiger partial charge is 0.181 e. The number of thiophene rings is 1. The average Bonchev–Trinajstić information content (AvgIpc) is 3.36. The highest BCUT2D eigenvalue weighted by molar-refractivity contribution is 7.27. The molecule has 0 N–H and O–H groups in total. The fraction of sp³-hybridized carbons (Fsp3) is 0. The van der Waals surface area contributed by atoms with Gasteiger partial charge in [0, 0.05) is 4.88 Å². The molecule has 0 aliphatic carbocycles. The van der Waals surface area contributed by atoms with Crippen LogP contribution in [0.5, 0.6) is 0 Å². The van der Waals surface area contributed by atoms with Crippen molar-refractivity contribution in [3.8, 4) is 0 Å². The highest BCUT2D eigenvalue weighted by Crippen LogP contribution is 2.36. The molecule has 0 unspecified atom stereocenters. The lowest BCUT2D eigenvalue weighted by atomic mass is 10.2. The van der Waals surface area contributed by atoms with Gasteiger partial charge in [-0.1, -0.05) is 97.1 Å². The number of rotatable bonds is 3. The van der Waals surface area contributed by atoms with Gasteiger partial charge in [-0.2, -0.15) is 0 Å². The van der Waals surface area contributed by atoms with E-state index in [4.69, 9.17) is 0 Å². The van der Waals surface area contributed by atoms with Crippen molar-refractivity contribution in [2.45, 2.75) is 0 Å². The number of hydrogen-bond donors (Lipinski definition) is 0. The van der Waals surface area contributed by atoms with Crippen molar-refractivity contribution in [1.29, 1.82) is 0 Å². The minimum Gasteiger partial charge on any atom is -0.145 e. The Labute approximate surface area is 159 Å². The lowest BCUT2D eigenvalue weighted by molar-refractivity contribution is 1.69. The Morgan fingerprint density at radius 3 is 1.81 bits per heavy atom. The first-order chi connectivity index (χ1) is 12.9. The average molecular weight is 367 g/mol. The lowest BCUT2D eigenvalue weighted by Crippen LogP contribution is -2.66. The lowest BCUT2D eigenvalue weighted by Gasteiger charge is -2.33. The molecule has 0 saturated heterocycles. The van der Waals surface area contributed by atoms with Gasteiger partial charge in [-0.3, -0.25) is 0 Å². The molecule has 0 spiro atoms. The van der Waals surface area contributed by atoms with Gasteiger partial charge in [0.05, 0.1) is 0 Å². The number of hydrogen-bond acceptors (Lipinski definition) is 1. The molecule has 26 heavy (non-hydrogen) atoms. The highest BCUT2D eigenvalue weighted by Gasteiger charge is 2.47. The molecule has 1 aliphatic rings. The zero-order valence-corrected chi connectivity index (χ0v) is 16.1. The maximum atomic E-state index is 2.44. The molecule has 2 heteroatoms. The van der Waals surface area contributed by atoms with Crippen molar-refractivity contribution in [2.24, 2.45) is 0 Å². The Hall–Kier alpha value is -2.68. The maximum Gasteiger partial charge on any atom is 0.181 e. The van der Waals surface area contributed by atoms with Crippen molar-refractivity contribution >= 4 is 46.2 Å². The van der Waals surface area contributed by atoms with Gasteiger partial charge in [0.25, 0.3) is 0 Å². The first-order valence-corrected chi connectivity index (χ1v) is 11.8. The minimum atomic E-state index is -2.27. The summed E-state index contributed by atoms with van der Waals surface area (Å²) >= 11 is 1.85. The Morgan fingerprint density at radius 2 is 1.19 bits per heavy atom. The Morgan fingerprint density at radius 1 is 0.577 bits per heavy atom. The van der Waals surface area contributed by atoms with E-state index in [-0.39, 0.29) is 0 Å². The van der Waals surface area contributed by atoms with Crippen LogP contribution in [0.3, 0.4) is 0 Å². The molecule has 124 valence electrons. The zero-order chi connectivity index (χ0) is 17.4. The quantitative estimate of drug-likeness (QED) is 0.474. The molecule has 1 aliphatic heterocycles. The molecular weight excluding hydrogens is 348 g/mol. The van der Waals surface area contributed by atoms with Crippen LogP contribution in [-0.4, -0.2) is 8.07 Å². The first-order valence-electron chi connectivity index (χ1n) is 8.87. The van der Waals surface area contributed by atoms with Gasteiger partial charge < -0.3 is 0 Å². The van der Waals surface area contributed by atoms with Crippen molar-refractivity contribution in [2.75, 3.05) is 0 Å². The monoisotopic (exact) mass is 366 g/mol. The first kappa shape index (κ1) is 15.6. The van der Waals surface area contributed by atoms with Crippen LogP contribution in [0.2, 0.25) is 0 Å². The Balaban J connectivity index is 1.92. The van der Waals surface area contributed by atoms with Gasteiger partial charge in [0.1, 0.15) is 0 Å². The summed E-state index contributed by atoms with van der Waals surface area (Å²) in [6.07, 6.45) is 2.44. The second kappa shape index (κ2) is 6.24. The maximum absolute atomic E-state index is 2.44. The fourth-order valence-electron chi connectivity index (χ4n) is 4.23. The molecule has 0 bridgehead atoms. The molecule has 5 rings (SSSR count). The third kappa shape index (κ3) is 2.19. The summed E-state index contributed by atoms with van der Waals surface area (Å²) in [4.78, 5) is 1.39. The zero-order valence-electron chi connectivity index (χ0n) is 14.3. The van der Waals surface area contributed by atoms with Crippen molar-refractivity contribution < 1.29 is 0 Å². The summed E-state index contributed by atoms with van der Waals surface area (Å²) in [5.41, 5.74) is 1.37. The van der Waals surface area contributed by atoms with Gasteiger partial charge >= 0.3 is 0 Å². The molecule has 0 saturated carbocycles. The third-order valence-corrected chi connectivity index (χ3v) is 11.2. The summed E-state index contributed by atoms with van der Waals surface area (Å²) in [6.45, 7) is 0. The molecule has 0 amide bonds. The van der Waals surface area contributed by atoms with Gasteiger partial charge in [-0.25, -0.2) is 0 Å². The van der Waals surface area contributed by atoms with E-state index in [2.05, 4.69) is 109 Å². The number of benzene rings is 3. The van der Waals surface area contributed by atoms with Gasteiger partial charge in [-0.15, -0.1) is 11.3 Å². The highest BCUT2D eigenvalue weighted by atomic mass is 32.1. The van der Waals surface area contributed by atoms with E-state index in [9.17, 15) is 0 Å². The van der Waals surface area contributed by atoms with Crippen LogP contribution in [-0.2, 0) is 0 Å². The van der Waals surface area contributed by atoms with Crippen LogP contribution >= 0.6 is 11.3 Å². The van der Waals surface area contributed by atoms with E-state index < -0.39 is 8.07 Å². The molecular formula is C24H18SSi. The second-order valence-electron chi connectivity index (χ2n) is 6.60. The number of fused-ring (bicyclic) bond motifs is 1. The van der Waals surface area contributed by atoms with Crippen LogP contribution < -0.4 is 15.6 Å². The summed E-state index contributed by atoms with van der Waals surface area (Å²) in [6, 6.07) is 35.6. The normalized spacial score (nSPS) is 14.7. The predicted octanol–water partition coefficient (Wildman–Crippen LogP) is 4.31. The van der Waals surface area contributed by atoms with Crippen LogP contribution in [0.1, 0.15) is 10.4 Å². The van der Waals surface area contributed by atoms with Crippen molar-refractivity contribution in [3.63, 3.8) is 0 Å². The summed E-state index contributed by atoms with van der Waals surface area (Å²) < 4.78 is 0. The SMILES string of the molecule is C1=C(c2cccs2)[Si](c2ccccc2)(c2ccccc2)c2ccccc21. The summed E-state index contributed by atoms with van der Waals surface area (Å²) in [7, 11) is -2.27. The minimum absolute atomic E-state index is 1.37. The van der Waals surface area contributed by atoms with Gasteiger partial charge in [-0.05, 0) is 37.8 Å². The van der Waals surface area contributed by atoms with E-state index in [1.54, 1.807) is 0 Å². The molecule has 0 atom stereocenters. The Kier molecular flexibility index (Phi) is 3.73. The van der Waals surface area contributed by atoms with Crippen LogP contribution in [0.25, 0.3) is 11.3 Å². The molecule has 1 aromatic heterocycles. The van der Waals surface area contributed by atoms with Gasteiger partial charge in [0.15, 0.2) is 8.07 Å².